The summed E-state index contributed by atoms with van der Waals surface area (Å²) in [6, 6.07) is 16.9. The number of hydrogen-bond acceptors (Lipinski definition) is 4. The third-order valence-corrected chi connectivity index (χ3v) is 5.62. The van der Waals surface area contributed by atoms with Crippen LogP contribution in [-0.4, -0.2) is 40.3 Å². The SMILES string of the molecule is CCOc1ccccc1CCCNC(=O)CCCN(c1ccccc1)S(C)(=O)=O. The topological polar surface area (TPSA) is 75.7 Å². The number of anilines is 1. The van der Waals surface area contributed by atoms with Gasteiger partial charge in [-0.25, -0.2) is 8.42 Å². The van der Waals surface area contributed by atoms with Gasteiger partial charge in [0.25, 0.3) is 0 Å². The second-order valence-electron chi connectivity index (χ2n) is 6.77. The van der Waals surface area contributed by atoms with Crippen LogP contribution in [0.25, 0.3) is 0 Å². The fourth-order valence-electron chi connectivity index (χ4n) is 3.07. The van der Waals surface area contributed by atoms with Crippen LogP contribution in [0.4, 0.5) is 5.69 Å². The second kappa shape index (κ2) is 11.5. The first-order valence-corrected chi connectivity index (χ1v) is 11.8. The van der Waals surface area contributed by atoms with E-state index in [0.717, 1.165) is 24.2 Å². The van der Waals surface area contributed by atoms with Crippen LogP contribution in [0.1, 0.15) is 31.7 Å². The summed E-state index contributed by atoms with van der Waals surface area (Å²) in [6.07, 6.45) is 3.57. The van der Waals surface area contributed by atoms with Gasteiger partial charge in [0, 0.05) is 19.5 Å². The Hall–Kier alpha value is -2.54. The molecule has 0 spiro atoms. The van der Waals surface area contributed by atoms with Crippen LogP contribution in [0.5, 0.6) is 5.75 Å². The number of nitrogens with zero attached hydrogens (tertiary/aromatic N) is 1. The lowest BCUT2D eigenvalue weighted by atomic mass is 10.1. The number of amides is 1. The van der Waals surface area contributed by atoms with Crippen LogP contribution in [0.3, 0.4) is 0 Å². The Morgan fingerprint density at radius 1 is 1.03 bits per heavy atom. The molecule has 1 N–H and O–H groups in total. The van der Waals surface area contributed by atoms with E-state index in [1.54, 1.807) is 24.3 Å². The maximum absolute atomic E-state index is 12.1. The molecule has 0 atom stereocenters. The number of rotatable bonds is 12. The number of nitrogens with one attached hydrogen (secondary N) is 1. The van der Waals surface area contributed by atoms with Gasteiger partial charge in [0.2, 0.25) is 15.9 Å². The summed E-state index contributed by atoms with van der Waals surface area (Å²) in [7, 11) is -3.39. The van der Waals surface area contributed by atoms with E-state index in [4.69, 9.17) is 4.74 Å². The molecule has 0 aromatic heterocycles. The maximum atomic E-state index is 12.1. The molecule has 0 aliphatic heterocycles. The zero-order valence-corrected chi connectivity index (χ0v) is 18.0. The van der Waals surface area contributed by atoms with Gasteiger partial charge in [0.05, 0.1) is 18.6 Å². The number of benzene rings is 2. The molecule has 158 valence electrons. The fraction of sp³-hybridized carbons (Fsp3) is 0.409. The Kier molecular flexibility index (Phi) is 8.99. The zero-order valence-electron chi connectivity index (χ0n) is 17.1. The van der Waals surface area contributed by atoms with E-state index in [-0.39, 0.29) is 18.9 Å². The summed E-state index contributed by atoms with van der Waals surface area (Å²) in [5.74, 6) is 0.827. The third kappa shape index (κ3) is 7.77. The van der Waals surface area contributed by atoms with Gasteiger partial charge in [-0.2, -0.15) is 0 Å². The Bertz CT molecular complexity index is 869. The number of hydrogen-bond donors (Lipinski definition) is 1. The van der Waals surface area contributed by atoms with Crippen LogP contribution >= 0.6 is 0 Å². The molecule has 0 unspecified atom stereocenters. The molecule has 6 nitrogen and oxygen atoms in total. The predicted molar refractivity (Wildman–Crippen MR) is 117 cm³/mol. The number of ether oxygens (including phenoxy) is 1. The summed E-state index contributed by atoms with van der Waals surface area (Å²) in [6.45, 7) is 3.44. The molecule has 7 heteroatoms. The molecule has 0 saturated carbocycles. The zero-order chi connectivity index (χ0) is 21.1. The second-order valence-corrected chi connectivity index (χ2v) is 8.68. The lowest BCUT2D eigenvalue weighted by Gasteiger charge is -2.22. The minimum atomic E-state index is -3.39. The van der Waals surface area contributed by atoms with Gasteiger partial charge in [-0.05, 0) is 49.9 Å². The number of carbonyl (C=O) groups is 1. The van der Waals surface area contributed by atoms with Crippen LogP contribution in [0.2, 0.25) is 0 Å². The van der Waals surface area contributed by atoms with E-state index >= 15 is 0 Å². The molecular formula is C22H30N2O4S. The average Bonchev–Trinajstić information content (AvgIpc) is 2.69. The highest BCUT2D eigenvalue weighted by Crippen LogP contribution is 2.19. The van der Waals surface area contributed by atoms with Crippen molar-refractivity contribution >= 4 is 21.6 Å². The highest BCUT2D eigenvalue weighted by Gasteiger charge is 2.17. The van der Waals surface area contributed by atoms with E-state index in [0.29, 0.717) is 25.3 Å². The Labute approximate surface area is 173 Å². The molecule has 0 saturated heterocycles. The normalized spacial score (nSPS) is 11.1. The van der Waals surface area contributed by atoms with E-state index < -0.39 is 10.0 Å². The maximum Gasteiger partial charge on any atom is 0.232 e. The molecule has 0 fully saturated rings. The van der Waals surface area contributed by atoms with Gasteiger partial charge < -0.3 is 10.1 Å². The summed E-state index contributed by atoms with van der Waals surface area (Å²) in [5.41, 5.74) is 1.75. The highest BCUT2D eigenvalue weighted by molar-refractivity contribution is 7.92. The summed E-state index contributed by atoms with van der Waals surface area (Å²) >= 11 is 0. The highest BCUT2D eigenvalue weighted by atomic mass is 32.2. The van der Waals surface area contributed by atoms with Crippen LogP contribution in [0.15, 0.2) is 54.6 Å². The quantitative estimate of drug-likeness (QED) is 0.536. The van der Waals surface area contributed by atoms with E-state index in [1.807, 2.05) is 37.3 Å². The summed E-state index contributed by atoms with van der Waals surface area (Å²) in [4.78, 5) is 12.1. The first-order valence-electron chi connectivity index (χ1n) is 9.92. The van der Waals surface area contributed by atoms with Crippen LogP contribution in [-0.2, 0) is 21.2 Å². The van der Waals surface area contributed by atoms with Crippen molar-refractivity contribution in [1.82, 2.24) is 5.32 Å². The third-order valence-electron chi connectivity index (χ3n) is 4.43. The van der Waals surface area contributed by atoms with Crippen molar-refractivity contribution in [1.29, 1.82) is 0 Å². The van der Waals surface area contributed by atoms with Gasteiger partial charge in [-0.3, -0.25) is 9.10 Å². The number of carbonyl (C=O) groups excluding carboxylic acids is 1. The molecule has 2 rings (SSSR count). The molecule has 2 aromatic carbocycles. The molecular weight excluding hydrogens is 388 g/mol. The standard InChI is InChI=1S/C22H30N2O4S/c1-3-28-21-15-8-7-11-19(21)12-9-17-23-22(25)16-10-18-24(29(2,26)27)20-13-5-4-6-14-20/h4-8,11,13-15H,3,9-10,12,16-18H2,1-2H3,(H,23,25). The molecule has 0 aliphatic rings. The fourth-order valence-corrected chi connectivity index (χ4v) is 4.03. The molecule has 0 radical (unpaired) electrons. The van der Waals surface area contributed by atoms with Crippen molar-refractivity contribution < 1.29 is 17.9 Å². The Morgan fingerprint density at radius 2 is 1.72 bits per heavy atom. The Balaban J connectivity index is 1.73. The monoisotopic (exact) mass is 418 g/mol. The van der Waals surface area contributed by atoms with Gasteiger partial charge in [0.1, 0.15) is 5.75 Å². The number of sulfonamides is 1. The van der Waals surface area contributed by atoms with Crippen molar-refractivity contribution in [3.8, 4) is 5.75 Å². The van der Waals surface area contributed by atoms with E-state index in [9.17, 15) is 13.2 Å². The first kappa shape index (κ1) is 22.7. The molecule has 2 aromatic rings. The lowest BCUT2D eigenvalue weighted by Crippen LogP contribution is -2.32. The van der Waals surface area contributed by atoms with E-state index in [2.05, 4.69) is 5.32 Å². The number of para-hydroxylation sites is 2. The summed E-state index contributed by atoms with van der Waals surface area (Å²) in [5, 5.41) is 2.91. The Morgan fingerprint density at radius 3 is 2.41 bits per heavy atom. The smallest absolute Gasteiger partial charge is 0.232 e. The molecule has 29 heavy (non-hydrogen) atoms. The van der Waals surface area contributed by atoms with E-state index in [1.165, 1.54) is 10.6 Å². The molecule has 0 bridgehead atoms. The van der Waals surface area contributed by atoms with Gasteiger partial charge >= 0.3 is 0 Å². The minimum Gasteiger partial charge on any atom is -0.494 e. The predicted octanol–water partition coefficient (Wildman–Crippen LogP) is 3.38. The van der Waals surface area contributed by atoms with Gasteiger partial charge in [-0.1, -0.05) is 36.4 Å². The largest absolute Gasteiger partial charge is 0.494 e. The van der Waals surface area contributed by atoms with Crippen LogP contribution < -0.4 is 14.4 Å². The van der Waals surface area contributed by atoms with Crippen molar-refractivity contribution in [2.45, 2.75) is 32.6 Å². The van der Waals surface area contributed by atoms with Crippen LogP contribution in [0, 0.1) is 0 Å². The van der Waals surface area contributed by atoms with Crippen molar-refractivity contribution in [3.05, 3.63) is 60.2 Å². The molecule has 1 amide bonds. The lowest BCUT2D eigenvalue weighted by molar-refractivity contribution is -0.121. The summed E-state index contributed by atoms with van der Waals surface area (Å²) < 4.78 is 31.0. The van der Waals surface area contributed by atoms with Crippen molar-refractivity contribution in [2.75, 3.05) is 30.3 Å². The number of aryl methyl sites for hydroxylation is 1. The van der Waals surface area contributed by atoms with Gasteiger partial charge in [-0.15, -0.1) is 0 Å². The van der Waals surface area contributed by atoms with Crippen molar-refractivity contribution in [3.63, 3.8) is 0 Å². The molecule has 0 heterocycles. The average molecular weight is 419 g/mol. The van der Waals surface area contributed by atoms with Gasteiger partial charge in [0.15, 0.2) is 0 Å². The molecule has 0 aliphatic carbocycles. The first-order chi connectivity index (χ1) is 13.9. The van der Waals surface area contributed by atoms with Crippen molar-refractivity contribution in [2.24, 2.45) is 0 Å². The minimum absolute atomic E-state index is 0.0652.